The van der Waals surface area contributed by atoms with Crippen LogP contribution in [-0.4, -0.2) is 32.6 Å². The Labute approximate surface area is 131 Å². The predicted molar refractivity (Wildman–Crippen MR) is 83.6 cm³/mol. The van der Waals surface area contributed by atoms with Gasteiger partial charge in [-0.15, -0.1) is 0 Å². The van der Waals surface area contributed by atoms with Gasteiger partial charge in [0, 0.05) is 0 Å². The molecule has 0 spiro atoms. The van der Waals surface area contributed by atoms with Gasteiger partial charge in [-0.2, -0.15) is 5.10 Å². The number of ether oxygens (including phenoxy) is 1. The Bertz CT molecular complexity index is 639. The van der Waals surface area contributed by atoms with Crippen molar-refractivity contribution < 1.29 is 9.84 Å². The van der Waals surface area contributed by atoms with E-state index in [1.807, 2.05) is 13.8 Å². The highest BCUT2D eigenvalue weighted by atomic mass is 16.5. The van der Waals surface area contributed by atoms with Crippen LogP contribution in [0.3, 0.4) is 0 Å². The molecule has 5 nitrogen and oxygen atoms in total. The molecule has 5 heteroatoms. The van der Waals surface area contributed by atoms with Crippen LogP contribution in [0.5, 0.6) is 0 Å². The summed E-state index contributed by atoms with van der Waals surface area (Å²) < 4.78 is 7.71. The molecule has 3 rings (SSSR count). The molecule has 1 aliphatic carbocycles. The van der Waals surface area contributed by atoms with Crippen molar-refractivity contribution in [1.82, 2.24) is 14.8 Å². The molecule has 0 bridgehead atoms. The van der Waals surface area contributed by atoms with Crippen molar-refractivity contribution in [1.29, 1.82) is 0 Å². The molecule has 0 saturated heterocycles. The van der Waals surface area contributed by atoms with Crippen LogP contribution in [0.4, 0.5) is 0 Å². The van der Waals surface area contributed by atoms with Gasteiger partial charge in [0.15, 0.2) is 0 Å². The topological polar surface area (TPSA) is 60.2 Å². The summed E-state index contributed by atoms with van der Waals surface area (Å²) in [5.41, 5.74) is 2.64. The molecule has 0 fully saturated rings. The number of aryl methyl sites for hydroxylation is 3. The normalized spacial score (nSPS) is 19.0. The Morgan fingerprint density at radius 1 is 1.36 bits per heavy atom. The van der Waals surface area contributed by atoms with Gasteiger partial charge in [0.1, 0.15) is 11.6 Å². The maximum atomic E-state index is 10.2. The van der Waals surface area contributed by atoms with Crippen molar-refractivity contribution in [2.24, 2.45) is 0 Å². The second-order valence-corrected chi connectivity index (χ2v) is 5.96. The fraction of sp³-hybridized carbons (Fsp3) is 0.529. The van der Waals surface area contributed by atoms with E-state index in [0.29, 0.717) is 13.2 Å². The summed E-state index contributed by atoms with van der Waals surface area (Å²) in [7, 11) is 0. The lowest BCUT2D eigenvalue weighted by atomic mass is 9.89. The lowest BCUT2D eigenvalue weighted by molar-refractivity contribution is -0.0238. The molecule has 22 heavy (non-hydrogen) atoms. The number of rotatable bonds is 5. The molecule has 1 aromatic carbocycles. The van der Waals surface area contributed by atoms with Gasteiger partial charge < -0.3 is 9.84 Å². The molecule has 2 aromatic rings. The summed E-state index contributed by atoms with van der Waals surface area (Å²) in [6.07, 6.45) is 2.80. The van der Waals surface area contributed by atoms with Crippen LogP contribution in [0.2, 0.25) is 0 Å². The maximum absolute atomic E-state index is 10.2. The first-order valence-electron chi connectivity index (χ1n) is 7.89. The first kappa shape index (κ1) is 15.2. The van der Waals surface area contributed by atoms with Crippen LogP contribution in [0.25, 0.3) is 0 Å². The number of aliphatic hydroxyl groups excluding tert-OH is 1. The summed E-state index contributed by atoms with van der Waals surface area (Å²) in [5.74, 6) is 1.55. The summed E-state index contributed by atoms with van der Waals surface area (Å²) in [6, 6.07) is 8.43. The number of benzene rings is 1. The minimum Gasteiger partial charge on any atom is -0.389 e. The smallest absolute Gasteiger partial charge is 0.147 e. The summed E-state index contributed by atoms with van der Waals surface area (Å²) >= 11 is 0. The third-order valence-corrected chi connectivity index (χ3v) is 4.15. The predicted octanol–water partition coefficient (Wildman–Crippen LogP) is 2.35. The van der Waals surface area contributed by atoms with E-state index in [2.05, 4.69) is 34.3 Å². The second-order valence-electron chi connectivity index (χ2n) is 5.96. The van der Waals surface area contributed by atoms with E-state index in [0.717, 1.165) is 30.9 Å². The molecule has 1 aliphatic rings. The second kappa shape index (κ2) is 6.58. The van der Waals surface area contributed by atoms with Crippen LogP contribution in [0, 0.1) is 13.8 Å². The quantitative estimate of drug-likeness (QED) is 0.921. The highest BCUT2D eigenvalue weighted by Crippen LogP contribution is 2.32. The average Bonchev–Trinajstić information content (AvgIpc) is 2.82. The van der Waals surface area contributed by atoms with Crippen molar-refractivity contribution >= 4 is 0 Å². The Hall–Kier alpha value is -1.72. The van der Waals surface area contributed by atoms with Crippen molar-refractivity contribution in [2.45, 2.75) is 51.9 Å². The molecule has 0 radical (unpaired) electrons. The third-order valence-electron chi connectivity index (χ3n) is 4.15. The van der Waals surface area contributed by atoms with E-state index in [9.17, 15) is 5.11 Å². The van der Waals surface area contributed by atoms with Crippen LogP contribution < -0.4 is 0 Å². The van der Waals surface area contributed by atoms with Crippen molar-refractivity contribution in [3.05, 3.63) is 47.0 Å². The van der Waals surface area contributed by atoms with Gasteiger partial charge in [-0.25, -0.2) is 9.67 Å². The third kappa shape index (κ3) is 3.36. The Morgan fingerprint density at radius 2 is 2.18 bits per heavy atom. The molecule has 0 saturated carbocycles. The van der Waals surface area contributed by atoms with Gasteiger partial charge in [-0.05, 0) is 44.2 Å². The van der Waals surface area contributed by atoms with Crippen molar-refractivity contribution in [2.75, 3.05) is 6.61 Å². The monoisotopic (exact) mass is 301 g/mol. The lowest BCUT2D eigenvalue weighted by Crippen LogP contribution is -2.25. The van der Waals surface area contributed by atoms with Gasteiger partial charge in [-0.3, -0.25) is 0 Å². The zero-order valence-corrected chi connectivity index (χ0v) is 13.2. The number of aromatic nitrogens is 3. The summed E-state index contributed by atoms with van der Waals surface area (Å²) in [4.78, 5) is 4.24. The zero-order valence-electron chi connectivity index (χ0n) is 13.2. The summed E-state index contributed by atoms with van der Waals surface area (Å²) in [6.45, 7) is 4.48. The standard InChI is InChI=1S/C17H23N3O2/c1-12-18-13(2)20(19-12)10-15(21)11-22-17-9-5-7-14-6-3-4-8-16(14)17/h3-4,6,8,15,17,21H,5,7,9-11H2,1-2H3/t15-,17-/m0/s1. The average molecular weight is 301 g/mol. The minimum absolute atomic E-state index is 0.0955. The Kier molecular flexibility index (Phi) is 4.55. The van der Waals surface area contributed by atoms with E-state index in [1.165, 1.54) is 11.1 Å². The molecule has 118 valence electrons. The minimum atomic E-state index is -0.575. The number of hydrogen-bond acceptors (Lipinski definition) is 4. The van der Waals surface area contributed by atoms with Gasteiger partial charge in [0.2, 0.25) is 0 Å². The van der Waals surface area contributed by atoms with E-state index >= 15 is 0 Å². The Morgan fingerprint density at radius 3 is 2.95 bits per heavy atom. The van der Waals surface area contributed by atoms with Gasteiger partial charge in [0.05, 0.1) is 25.4 Å². The van der Waals surface area contributed by atoms with E-state index in [4.69, 9.17) is 4.74 Å². The fourth-order valence-electron chi connectivity index (χ4n) is 3.10. The number of nitrogens with zero attached hydrogens (tertiary/aromatic N) is 3. The first-order chi connectivity index (χ1) is 10.6. The molecule has 0 aliphatic heterocycles. The van der Waals surface area contributed by atoms with Crippen LogP contribution >= 0.6 is 0 Å². The van der Waals surface area contributed by atoms with Gasteiger partial charge in [-0.1, -0.05) is 24.3 Å². The van der Waals surface area contributed by atoms with E-state index in [-0.39, 0.29) is 6.10 Å². The highest BCUT2D eigenvalue weighted by molar-refractivity contribution is 5.31. The molecular formula is C17H23N3O2. The molecular weight excluding hydrogens is 278 g/mol. The number of hydrogen-bond donors (Lipinski definition) is 1. The first-order valence-corrected chi connectivity index (χ1v) is 7.89. The SMILES string of the molecule is Cc1nc(C)n(C[C@H](O)CO[C@H]2CCCc3ccccc32)n1. The van der Waals surface area contributed by atoms with Crippen LogP contribution in [0.15, 0.2) is 24.3 Å². The lowest BCUT2D eigenvalue weighted by Gasteiger charge is -2.26. The largest absolute Gasteiger partial charge is 0.389 e. The molecule has 1 heterocycles. The summed E-state index contributed by atoms with van der Waals surface area (Å²) in [5, 5.41) is 14.5. The van der Waals surface area contributed by atoms with E-state index < -0.39 is 6.10 Å². The molecule has 0 unspecified atom stereocenters. The Balaban J connectivity index is 1.58. The molecule has 0 amide bonds. The van der Waals surface area contributed by atoms with Gasteiger partial charge in [0.25, 0.3) is 0 Å². The molecule has 1 N–H and O–H groups in total. The highest BCUT2D eigenvalue weighted by Gasteiger charge is 2.21. The van der Waals surface area contributed by atoms with Gasteiger partial charge >= 0.3 is 0 Å². The number of aliphatic hydroxyl groups is 1. The molecule has 1 aromatic heterocycles. The molecule has 2 atom stereocenters. The van der Waals surface area contributed by atoms with Crippen LogP contribution in [0.1, 0.15) is 41.7 Å². The zero-order chi connectivity index (χ0) is 15.5. The van der Waals surface area contributed by atoms with Crippen molar-refractivity contribution in [3.63, 3.8) is 0 Å². The van der Waals surface area contributed by atoms with Crippen LogP contribution in [-0.2, 0) is 17.7 Å². The maximum Gasteiger partial charge on any atom is 0.147 e. The fourth-order valence-corrected chi connectivity index (χ4v) is 3.10. The van der Waals surface area contributed by atoms with Crippen molar-refractivity contribution in [3.8, 4) is 0 Å². The number of fused-ring (bicyclic) bond motifs is 1. The van der Waals surface area contributed by atoms with E-state index in [1.54, 1.807) is 4.68 Å².